The minimum absolute atomic E-state index is 0.137. The number of likely N-dealkylation sites (tertiary alicyclic amines) is 2. The van der Waals surface area contributed by atoms with E-state index in [4.69, 9.17) is 9.72 Å². The first-order valence-electron chi connectivity index (χ1n) is 8.74. The number of aromatic nitrogens is 1. The molecule has 1 amide bonds. The van der Waals surface area contributed by atoms with E-state index in [1.165, 1.54) is 25.9 Å². The standard InChI is InChI=1S/C18H27N3O2/c1-23-13-9-18(22)21-12-5-8-17(21)16-7-4-6-15(19-16)14-20-10-2-3-11-20/h4,6-7,17H,2-3,5,8-14H2,1H3/t17-/m0/s1. The van der Waals surface area contributed by atoms with E-state index < -0.39 is 0 Å². The van der Waals surface area contributed by atoms with Crippen molar-refractivity contribution in [3.63, 3.8) is 0 Å². The van der Waals surface area contributed by atoms with Gasteiger partial charge < -0.3 is 9.64 Å². The Morgan fingerprint density at radius 1 is 1.26 bits per heavy atom. The summed E-state index contributed by atoms with van der Waals surface area (Å²) < 4.78 is 5.04. The lowest BCUT2D eigenvalue weighted by molar-refractivity contribution is -0.133. The lowest BCUT2D eigenvalue weighted by Gasteiger charge is -2.25. The molecule has 126 valence electrons. The number of carbonyl (C=O) groups excluding carboxylic acids is 1. The van der Waals surface area contributed by atoms with E-state index in [9.17, 15) is 4.79 Å². The van der Waals surface area contributed by atoms with E-state index in [0.717, 1.165) is 37.3 Å². The van der Waals surface area contributed by atoms with Gasteiger partial charge in [-0.05, 0) is 50.9 Å². The van der Waals surface area contributed by atoms with Crippen LogP contribution in [0.25, 0.3) is 0 Å². The molecule has 2 saturated heterocycles. The van der Waals surface area contributed by atoms with Gasteiger partial charge >= 0.3 is 0 Å². The number of hydrogen-bond acceptors (Lipinski definition) is 4. The molecule has 2 aliphatic heterocycles. The Morgan fingerprint density at radius 3 is 2.87 bits per heavy atom. The van der Waals surface area contributed by atoms with Crippen LogP contribution in [0.1, 0.15) is 49.5 Å². The number of methoxy groups -OCH3 is 1. The Balaban J connectivity index is 1.68. The van der Waals surface area contributed by atoms with Crippen molar-refractivity contribution in [1.82, 2.24) is 14.8 Å². The van der Waals surface area contributed by atoms with Gasteiger partial charge in [-0.25, -0.2) is 0 Å². The Kier molecular flexibility index (Phi) is 5.62. The molecule has 0 radical (unpaired) electrons. The van der Waals surface area contributed by atoms with E-state index in [2.05, 4.69) is 23.1 Å². The summed E-state index contributed by atoms with van der Waals surface area (Å²) in [4.78, 5) is 21.7. The first-order valence-corrected chi connectivity index (χ1v) is 8.74. The minimum Gasteiger partial charge on any atom is -0.384 e. The zero-order valence-electron chi connectivity index (χ0n) is 14.0. The topological polar surface area (TPSA) is 45.7 Å². The summed E-state index contributed by atoms with van der Waals surface area (Å²) in [5, 5.41) is 0. The number of carbonyl (C=O) groups is 1. The molecule has 0 saturated carbocycles. The maximum atomic E-state index is 12.4. The summed E-state index contributed by atoms with van der Waals surface area (Å²) >= 11 is 0. The first kappa shape index (κ1) is 16.4. The number of ether oxygens (including phenoxy) is 1. The monoisotopic (exact) mass is 317 g/mol. The fraction of sp³-hybridized carbons (Fsp3) is 0.667. The van der Waals surface area contributed by atoms with Crippen LogP contribution in [0.4, 0.5) is 0 Å². The van der Waals surface area contributed by atoms with Crippen LogP contribution in [0.3, 0.4) is 0 Å². The first-order chi connectivity index (χ1) is 11.3. The van der Waals surface area contributed by atoms with Gasteiger partial charge in [-0.2, -0.15) is 0 Å². The molecule has 3 rings (SSSR count). The van der Waals surface area contributed by atoms with Gasteiger partial charge in [0.1, 0.15) is 0 Å². The summed E-state index contributed by atoms with van der Waals surface area (Å²) in [6.45, 7) is 4.61. The largest absolute Gasteiger partial charge is 0.384 e. The predicted molar refractivity (Wildman–Crippen MR) is 88.9 cm³/mol. The molecule has 0 aromatic carbocycles. The van der Waals surface area contributed by atoms with Crippen molar-refractivity contribution in [2.45, 2.75) is 44.7 Å². The van der Waals surface area contributed by atoms with Crippen molar-refractivity contribution >= 4 is 5.91 Å². The number of nitrogens with zero attached hydrogens (tertiary/aromatic N) is 3. The number of hydrogen-bond donors (Lipinski definition) is 0. The number of amides is 1. The quantitative estimate of drug-likeness (QED) is 0.808. The second kappa shape index (κ2) is 7.88. The number of pyridine rings is 1. The van der Waals surface area contributed by atoms with Gasteiger partial charge in [0.05, 0.1) is 30.5 Å². The molecule has 0 spiro atoms. The maximum absolute atomic E-state index is 12.4. The van der Waals surface area contributed by atoms with E-state index in [1.54, 1.807) is 7.11 Å². The van der Waals surface area contributed by atoms with Crippen LogP contribution >= 0.6 is 0 Å². The van der Waals surface area contributed by atoms with Gasteiger partial charge in [0.15, 0.2) is 0 Å². The third kappa shape index (κ3) is 4.09. The molecule has 0 bridgehead atoms. The molecule has 2 fully saturated rings. The van der Waals surface area contributed by atoms with Gasteiger partial charge in [0.2, 0.25) is 5.91 Å². The van der Waals surface area contributed by atoms with Crippen LogP contribution in [-0.4, -0.2) is 54.0 Å². The number of rotatable bonds is 6. The lowest BCUT2D eigenvalue weighted by Crippen LogP contribution is -2.31. The summed E-state index contributed by atoms with van der Waals surface area (Å²) in [5.74, 6) is 0.182. The summed E-state index contributed by atoms with van der Waals surface area (Å²) in [5.41, 5.74) is 2.17. The van der Waals surface area contributed by atoms with Crippen LogP contribution in [0.5, 0.6) is 0 Å². The molecule has 1 atom stereocenters. The molecule has 5 heteroatoms. The summed E-state index contributed by atoms with van der Waals surface area (Å²) in [7, 11) is 1.64. The van der Waals surface area contributed by atoms with Crippen LogP contribution < -0.4 is 0 Å². The highest BCUT2D eigenvalue weighted by Gasteiger charge is 2.30. The SMILES string of the molecule is COCCC(=O)N1CCC[C@H]1c1cccc(CN2CCCC2)n1. The average Bonchev–Trinajstić information content (AvgIpc) is 3.24. The highest BCUT2D eigenvalue weighted by molar-refractivity contribution is 5.77. The Bertz CT molecular complexity index is 529. The van der Waals surface area contributed by atoms with Gasteiger partial charge in [-0.1, -0.05) is 6.07 Å². The van der Waals surface area contributed by atoms with Gasteiger partial charge in [0.25, 0.3) is 0 Å². The summed E-state index contributed by atoms with van der Waals surface area (Å²) in [6, 6.07) is 6.40. The fourth-order valence-corrected chi connectivity index (χ4v) is 3.65. The maximum Gasteiger partial charge on any atom is 0.225 e. The van der Waals surface area contributed by atoms with Crippen LogP contribution in [0, 0.1) is 0 Å². The molecule has 23 heavy (non-hydrogen) atoms. The van der Waals surface area contributed by atoms with Crippen molar-refractivity contribution in [2.24, 2.45) is 0 Å². The second-order valence-corrected chi connectivity index (χ2v) is 6.53. The van der Waals surface area contributed by atoms with Crippen molar-refractivity contribution < 1.29 is 9.53 Å². The zero-order valence-corrected chi connectivity index (χ0v) is 14.0. The molecular formula is C18H27N3O2. The van der Waals surface area contributed by atoms with Crippen molar-refractivity contribution in [3.05, 3.63) is 29.6 Å². The van der Waals surface area contributed by atoms with Crippen molar-refractivity contribution in [1.29, 1.82) is 0 Å². The van der Waals surface area contributed by atoms with E-state index in [-0.39, 0.29) is 11.9 Å². The normalized spacial score (nSPS) is 22.0. The second-order valence-electron chi connectivity index (χ2n) is 6.53. The molecule has 1 aromatic rings. The molecule has 0 unspecified atom stereocenters. The third-order valence-electron chi connectivity index (χ3n) is 4.85. The Labute approximate surface area is 138 Å². The average molecular weight is 317 g/mol. The zero-order chi connectivity index (χ0) is 16.1. The molecule has 0 N–H and O–H groups in total. The van der Waals surface area contributed by atoms with Gasteiger partial charge in [0, 0.05) is 20.2 Å². The molecule has 2 aliphatic rings. The van der Waals surface area contributed by atoms with Gasteiger partial charge in [-0.15, -0.1) is 0 Å². The van der Waals surface area contributed by atoms with Crippen LogP contribution in [0.15, 0.2) is 18.2 Å². The van der Waals surface area contributed by atoms with Crippen molar-refractivity contribution in [3.8, 4) is 0 Å². The lowest BCUT2D eigenvalue weighted by atomic mass is 10.1. The smallest absolute Gasteiger partial charge is 0.225 e. The van der Waals surface area contributed by atoms with Gasteiger partial charge in [-0.3, -0.25) is 14.7 Å². The minimum atomic E-state index is 0.137. The molecule has 1 aromatic heterocycles. The fourth-order valence-electron chi connectivity index (χ4n) is 3.65. The van der Waals surface area contributed by atoms with E-state index in [1.807, 2.05) is 4.90 Å². The highest BCUT2D eigenvalue weighted by Crippen LogP contribution is 2.31. The van der Waals surface area contributed by atoms with Crippen molar-refractivity contribution in [2.75, 3.05) is 33.4 Å². The molecule has 5 nitrogen and oxygen atoms in total. The molecular weight excluding hydrogens is 290 g/mol. The van der Waals surface area contributed by atoms with Crippen LogP contribution in [0.2, 0.25) is 0 Å². The summed E-state index contributed by atoms with van der Waals surface area (Å²) in [6.07, 6.45) is 5.12. The molecule has 0 aliphatic carbocycles. The third-order valence-corrected chi connectivity index (χ3v) is 4.85. The van der Waals surface area contributed by atoms with E-state index in [0.29, 0.717) is 13.0 Å². The molecule has 3 heterocycles. The highest BCUT2D eigenvalue weighted by atomic mass is 16.5. The van der Waals surface area contributed by atoms with E-state index >= 15 is 0 Å². The predicted octanol–water partition coefficient (Wildman–Crippen LogP) is 2.38. The Morgan fingerprint density at radius 2 is 2.09 bits per heavy atom. The Hall–Kier alpha value is -1.46. The van der Waals surface area contributed by atoms with Crippen LogP contribution in [-0.2, 0) is 16.1 Å².